The van der Waals surface area contributed by atoms with Gasteiger partial charge in [-0.3, -0.25) is 20.3 Å². The number of nitriles is 1. The molecule has 0 radical (unpaired) electrons. The van der Waals surface area contributed by atoms with Gasteiger partial charge in [0.2, 0.25) is 11.8 Å². The minimum Gasteiger partial charge on any atom is -0.475 e. The Balaban J connectivity index is 0.000000451. The lowest BCUT2D eigenvalue weighted by molar-refractivity contribution is -0.192. The lowest BCUT2D eigenvalue weighted by Crippen LogP contribution is -2.53. The zero-order chi connectivity index (χ0) is 23.9. The number of halogens is 3. The highest BCUT2D eigenvalue weighted by Gasteiger charge is 2.38. The number of carbonyl (C=O) groups is 3. The van der Waals surface area contributed by atoms with Crippen LogP contribution in [0.1, 0.15) is 25.7 Å². The number of nitrogens with one attached hydrogen (secondary N) is 1. The molecule has 0 aromatic heterocycles. The molecule has 1 atom stereocenters. The second kappa shape index (κ2) is 11.7. The van der Waals surface area contributed by atoms with E-state index in [-0.39, 0.29) is 30.4 Å². The quantitative estimate of drug-likeness (QED) is 0.353. The second-order valence-electron chi connectivity index (χ2n) is 7.83. The summed E-state index contributed by atoms with van der Waals surface area (Å²) in [4.78, 5) is 36.9. The van der Waals surface area contributed by atoms with Gasteiger partial charge >= 0.3 is 12.1 Å². The number of likely N-dealkylation sites (tertiary alicyclic amines) is 1. The van der Waals surface area contributed by atoms with E-state index in [1.807, 2.05) is 0 Å². The van der Waals surface area contributed by atoms with E-state index in [0.29, 0.717) is 24.2 Å². The van der Waals surface area contributed by atoms with Crippen molar-refractivity contribution in [2.45, 2.75) is 50.0 Å². The molecule has 3 aliphatic rings. The molecule has 3 rings (SSSR count). The topological polar surface area (TPSA) is 143 Å². The molecule has 2 amide bonds. The maximum absolute atomic E-state index is 12.4. The first-order valence-electron chi connectivity index (χ1n) is 10.1. The highest BCUT2D eigenvalue weighted by molar-refractivity contribution is 7.99. The van der Waals surface area contributed by atoms with Gasteiger partial charge in [0.1, 0.15) is 6.04 Å². The van der Waals surface area contributed by atoms with Crippen molar-refractivity contribution in [1.82, 2.24) is 20.1 Å². The van der Waals surface area contributed by atoms with Crippen LogP contribution in [0.3, 0.4) is 0 Å². The van der Waals surface area contributed by atoms with Crippen molar-refractivity contribution in [3.63, 3.8) is 0 Å². The molecule has 10 nitrogen and oxygen atoms in total. The molecule has 180 valence electrons. The molecule has 14 heteroatoms. The van der Waals surface area contributed by atoms with Crippen LogP contribution in [0.2, 0.25) is 0 Å². The summed E-state index contributed by atoms with van der Waals surface area (Å²) in [6.45, 7) is 2.21. The van der Waals surface area contributed by atoms with Gasteiger partial charge in [0.05, 0.1) is 25.0 Å². The molecular weight excluding hydrogens is 453 g/mol. The summed E-state index contributed by atoms with van der Waals surface area (Å²) in [5.41, 5.74) is 0. The van der Waals surface area contributed by atoms with Crippen LogP contribution in [0.4, 0.5) is 13.2 Å². The zero-order valence-electron chi connectivity index (χ0n) is 17.4. The van der Waals surface area contributed by atoms with E-state index >= 15 is 0 Å². The van der Waals surface area contributed by atoms with Gasteiger partial charge in [0.25, 0.3) is 0 Å². The smallest absolute Gasteiger partial charge is 0.475 e. The number of aliphatic carboxylic acids is 1. The van der Waals surface area contributed by atoms with Crippen molar-refractivity contribution in [3.05, 3.63) is 0 Å². The van der Waals surface area contributed by atoms with Crippen LogP contribution in [-0.2, 0) is 14.4 Å². The largest absolute Gasteiger partial charge is 0.490 e. The number of hydrazine groups is 1. The van der Waals surface area contributed by atoms with E-state index in [1.54, 1.807) is 21.7 Å². The number of nitrogens with two attached hydrogens (primary N) is 1. The Morgan fingerprint density at radius 3 is 2.31 bits per heavy atom. The Morgan fingerprint density at radius 1 is 1.22 bits per heavy atom. The standard InChI is InChI=1S/C16H26N6O2S.C2HF3O2/c17-7-14-10-25-11-21(14)16(24)9-22(18)13-3-5-20(6-4-13)8-15(23)19-12-1-2-12;3-2(4,5)1(6)7/h12-14H,1-6,8-11,18H2,(H,19,23);(H,6,7)/t14-;/m1./s1. The Labute approximate surface area is 187 Å². The number of hydrogen-bond donors (Lipinski definition) is 3. The van der Waals surface area contributed by atoms with Gasteiger partial charge < -0.3 is 15.3 Å². The molecule has 3 fully saturated rings. The number of rotatable bonds is 6. The van der Waals surface area contributed by atoms with Gasteiger partial charge in [-0.15, -0.1) is 11.8 Å². The van der Waals surface area contributed by atoms with Gasteiger partial charge in [-0.1, -0.05) is 0 Å². The minimum absolute atomic E-state index is 0.0784. The lowest BCUT2D eigenvalue weighted by Gasteiger charge is -2.36. The average molecular weight is 481 g/mol. The zero-order valence-corrected chi connectivity index (χ0v) is 18.2. The molecule has 2 aliphatic heterocycles. The fourth-order valence-corrected chi connectivity index (χ4v) is 4.39. The van der Waals surface area contributed by atoms with Crippen LogP contribution in [0.15, 0.2) is 0 Å². The first-order valence-corrected chi connectivity index (χ1v) is 11.3. The minimum atomic E-state index is -5.08. The fourth-order valence-electron chi connectivity index (χ4n) is 3.28. The van der Waals surface area contributed by atoms with E-state index in [0.717, 1.165) is 38.8 Å². The summed E-state index contributed by atoms with van der Waals surface area (Å²) in [7, 11) is 0. The van der Waals surface area contributed by atoms with Gasteiger partial charge in [0.15, 0.2) is 0 Å². The molecule has 2 heterocycles. The third-order valence-electron chi connectivity index (χ3n) is 5.25. The van der Waals surface area contributed by atoms with Crippen molar-refractivity contribution in [1.29, 1.82) is 5.26 Å². The number of carbonyl (C=O) groups excluding carboxylic acids is 2. The van der Waals surface area contributed by atoms with E-state index in [9.17, 15) is 22.8 Å². The molecule has 0 bridgehead atoms. The Morgan fingerprint density at radius 2 is 1.81 bits per heavy atom. The summed E-state index contributed by atoms with van der Waals surface area (Å²) in [5.74, 6) is 4.64. The van der Waals surface area contributed by atoms with Crippen molar-refractivity contribution in [2.24, 2.45) is 5.84 Å². The summed E-state index contributed by atoms with van der Waals surface area (Å²) in [6.07, 6.45) is -1.19. The highest BCUT2D eigenvalue weighted by Crippen LogP contribution is 2.21. The second-order valence-corrected chi connectivity index (χ2v) is 8.83. The highest BCUT2D eigenvalue weighted by atomic mass is 32.2. The van der Waals surface area contributed by atoms with Crippen LogP contribution >= 0.6 is 11.8 Å². The van der Waals surface area contributed by atoms with Gasteiger partial charge in [-0.2, -0.15) is 18.4 Å². The molecule has 0 aromatic rings. The molecule has 0 unspecified atom stereocenters. The number of nitrogens with zero attached hydrogens (tertiary/aromatic N) is 4. The monoisotopic (exact) mass is 480 g/mol. The fraction of sp³-hybridized carbons (Fsp3) is 0.778. The van der Waals surface area contributed by atoms with Crippen molar-refractivity contribution in [3.8, 4) is 6.07 Å². The van der Waals surface area contributed by atoms with E-state index in [2.05, 4.69) is 16.3 Å². The number of carboxylic acid groups (broad SMARTS) is 1. The van der Waals surface area contributed by atoms with Crippen molar-refractivity contribution < 1.29 is 32.7 Å². The number of piperidine rings is 1. The maximum atomic E-state index is 12.4. The summed E-state index contributed by atoms with van der Waals surface area (Å²) < 4.78 is 31.7. The molecule has 1 saturated carbocycles. The SMILES string of the molecule is N#C[C@@H]1CSCN1C(=O)CN(N)C1CCN(CC(=O)NC2CC2)CC1.O=C(O)C(F)(F)F. The molecular formula is C18H27F3N6O4S. The van der Waals surface area contributed by atoms with Crippen LogP contribution in [0.5, 0.6) is 0 Å². The molecule has 32 heavy (non-hydrogen) atoms. The predicted molar refractivity (Wildman–Crippen MR) is 109 cm³/mol. The first-order chi connectivity index (χ1) is 15.0. The maximum Gasteiger partial charge on any atom is 0.490 e. The Bertz CT molecular complexity index is 722. The summed E-state index contributed by atoms with van der Waals surface area (Å²) in [6, 6.07) is 2.38. The van der Waals surface area contributed by atoms with Gasteiger partial charge in [0, 0.05) is 30.9 Å². The summed E-state index contributed by atoms with van der Waals surface area (Å²) in [5, 5.41) is 20.8. The van der Waals surface area contributed by atoms with Gasteiger partial charge in [-0.25, -0.2) is 9.80 Å². The lowest BCUT2D eigenvalue weighted by atomic mass is 10.0. The van der Waals surface area contributed by atoms with Crippen LogP contribution in [0, 0.1) is 11.3 Å². The first kappa shape index (κ1) is 26.2. The number of alkyl halides is 3. The van der Waals surface area contributed by atoms with Gasteiger partial charge in [-0.05, 0) is 25.7 Å². The van der Waals surface area contributed by atoms with Crippen LogP contribution in [0.25, 0.3) is 0 Å². The Hall–Kier alpha value is -2.08. The van der Waals surface area contributed by atoms with Crippen LogP contribution < -0.4 is 11.2 Å². The van der Waals surface area contributed by atoms with Crippen molar-refractivity contribution >= 4 is 29.5 Å². The number of hydrogen-bond acceptors (Lipinski definition) is 8. The summed E-state index contributed by atoms with van der Waals surface area (Å²) >= 11 is 1.60. The molecule has 0 aromatic carbocycles. The number of carboxylic acids is 1. The molecule has 0 spiro atoms. The van der Waals surface area contributed by atoms with E-state index in [4.69, 9.17) is 21.0 Å². The predicted octanol–water partition coefficient (Wildman–Crippen LogP) is -0.0365. The Kier molecular flexibility index (Phi) is 9.56. The van der Waals surface area contributed by atoms with Crippen molar-refractivity contribution in [2.75, 3.05) is 37.8 Å². The third kappa shape index (κ3) is 8.45. The third-order valence-corrected chi connectivity index (χ3v) is 6.26. The average Bonchev–Trinajstić information content (AvgIpc) is 3.39. The normalized spacial score (nSPS) is 22.1. The molecule has 2 saturated heterocycles. The number of thioether (sulfide) groups is 1. The van der Waals surface area contributed by atoms with E-state index in [1.165, 1.54) is 0 Å². The van der Waals surface area contributed by atoms with Crippen LogP contribution in [-0.4, -0.2) is 99.8 Å². The number of amides is 2. The van der Waals surface area contributed by atoms with E-state index < -0.39 is 12.1 Å². The molecule has 4 N–H and O–H groups in total. The molecule has 1 aliphatic carbocycles.